The molecule has 0 amide bonds. The van der Waals surface area contributed by atoms with Gasteiger partial charge in [-0.3, -0.25) is 4.79 Å². The number of nitrogens with two attached hydrogens (primary N) is 1. The molecule has 0 heterocycles. The third kappa shape index (κ3) is 3.42. The van der Waals surface area contributed by atoms with Gasteiger partial charge in [0.15, 0.2) is 0 Å². The first-order valence-corrected chi connectivity index (χ1v) is 15.4. The van der Waals surface area contributed by atoms with E-state index in [4.69, 9.17) is 10.5 Å². The van der Waals surface area contributed by atoms with Crippen LogP contribution in [-0.4, -0.2) is 18.6 Å². The standard InChI is InChI=1S/C33H55NO2/c1-21(2)23-11-16-33(19-20-34)18-17-31(7)24(28(23)33)9-10-26-30(6)14-13-27(36-22(3)35)29(4,5)25(30)12-15-32(26,31)8/h21,24-27H,9-20,34H2,1-8H3/t24-,25-,26-,27+,30+,31-,32-,33-/m1/s1. The molecule has 8 atom stereocenters. The average molecular weight is 498 g/mol. The van der Waals surface area contributed by atoms with Crippen LogP contribution in [0.25, 0.3) is 0 Å². The molecule has 0 aromatic carbocycles. The smallest absolute Gasteiger partial charge is 0.302 e. The number of ether oxygens (including phenoxy) is 1. The minimum absolute atomic E-state index is 0.0411. The molecule has 5 rings (SSSR count). The van der Waals surface area contributed by atoms with E-state index in [0.29, 0.717) is 33.5 Å². The van der Waals surface area contributed by atoms with Crippen molar-refractivity contribution in [1.82, 2.24) is 0 Å². The van der Waals surface area contributed by atoms with Crippen molar-refractivity contribution in [3.05, 3.63) is 11.1 Å². The van der Waals surface area contributed by atoms with Crippen molar-refractivity contribution in [1.29, 1.82) is 0 Å². The van der Waals surface area contributed by atoms with Crippen LogP contribution in [0, 0.1) is 50.7 Å². The summed E-state index contributed by atoms with van der Waals surface area (Å²) in [6.45, 7) is 20.2. The monoisotopic (exact) mass is 497 g/mol. The second-order valence-corrected chi connectivity index (χ2v) is 15.5. The van der Waals surface area contributed by atoms with Gasteiger partial charge in [0.25, 0.3) is 0 Å². The molecular formula is C33H55NO2. The van der Waals surface area contributed by atoms with Crippen molar-refractivity contribution in [2.24, 2.45) is 56.5 Å². The molecule has 0 spiro atoms. The first kappa shape index (κ1) is 26.8. The van der Waals surface area contributed by atoms with Gasteiger partial charge in [-0.05, 0) is 123 Å². The van der Waals surface area contributed by atoms with Gasteiger partial charge in [-0.1, -0.05) is 59.6 Å². The minimum Gasteiger partial charge on any atom is -0.462 e. The lowest BCUT2D eigenvalue weighted by Crippen LogP contribution is -2.65. The number of hydrogen-bond donors (Lipinski definition) is 1. The number of carbonyl (C=O) groups is 1. The summed E-state index contributed by atoms with van der Waals surface area (Å²) in [7, 11) is 0. The van der Waals surface area contributed by atoms with E-state index in [1.807, 2.05) is 11.1 Å². The number of fused-ring (bicyclic) bond motifs is 7. The first-order valence-electron chi connectivity index (χ1n) is 15.4. The Morgan fingerprint density at radius 3 is 2.28 bits per heavy atom. The maximum Gasteiger partial charge on any atom is 0.302 e. The Kier molecular flexibility index (Phi) is 6.38. The molecule has 2 N–H and O–H groups in total. The van der Waals surface area contributed by atoms with Gasteiger partial charge in [-0.2, -0.15) is 0 Å². The number of carbonyl (C=O) groups excluding carboxylic acids is 1. The predicted octanol–water partition coefficient (Wildman–Crippen LogP) is 8.07. The van der Waals surface area contributed by atoms with Crippen LogP contribution in [-0.2, 0) is 9.53 Å². The summed E-state index contributed by atoms with van der Waals surface area (Å²) in [6.07, 6.45) is 14.2. The lowest BCUT2D eigenvalue weighted by Gasteiger charge is -2.72. The summed E-state index contributed by atoms with van der Waals surface area (Å²) in [6, 6.07) is 0. The summed E-state index contributed by atoms with van der Waals surface area (Å²) >= 11 is 0. The summed E-state index contributed by atoms with van der Waals surface area (Å²) in [5, 5.41) is 0. The van der Waals surface area contributed by atoms with Crippen molar-refractivity contribution in [3.8, 4) is 0 Å². The van der Waals surface area contributed by atoms with E-state index in [-0.39, 0.29) is 17.5 Å². The molecule has 4 fully saturated rings. The van der Waals surface area contributed by atoms with E-state index in [1.54, 1.807) is 6.92 Å². The Bertz CT molecular complexity index is 934. The van der Waals surface area contributed by atoms with Crippen LogP contribution >= 0.6 is 0 Å². The van der Waals surface area contributed by atoms with Crippen molar-refractivity contribution < 1.29 is 9.53 Å². The normalized spacial score (nSPS) is 47.6. The largest absolute Gasteiger partial charge is 0.462 e. The Labute approximate surface area is 221 Å². The number of esters is 1. The van der Waals surface area contributed by atoms with Crippen molar-refractivity contribution >= 4 is 5.97 Å². The Hall–Kier alpha value is -0.830. The van der Waals surface area contributed by atoms with E-state index in [1.165, 1.54) is 64.2 Å². The van der Waals surface area contributed by atoms with E-state index in [0.717, 1.165) is 24.8 Å². The molecule has 0 radical (unpaired) electrons. The summed E-state index contributed by atoms with van der Waals surface area (Å²) in [5.74, 6) is 2.68. The molecule has 4 saturated carbocycles. The molecule has 5 aliphatic carbocycles. The second kappa shape index (κ2) is 8.59. The molecule has 0 bridgehead atoms. The van der Waals surface area contributed by atoms with Gasteiger partial charge in [0.2, 0.25) is 0 Å². The topological polar surface area (TPSA) is 52.3 Å². The molecule has 3 heteroatoms. The Morgan fingerprint density at radius 2 is 1.64 bits per heavy atom. The van der Waals surface area contributed by atoms with E-state index < -0.39 is 0 Å². The molecule has 36 heavy (non-hydrogen) atoms. The fraction of sp³-hybridized carbons (Fsp3) is 0.909. The molecule has 0 saturated heterocycles. The number of hydrogen-bond acceptors (Lipinski definition) is 3. The van der Waals surface area contributed by atoms with Crippen LogP contribution in [0.4, 0.5) is 0 Å². The van der Waals surface area contributed by atoms with E-state index >= 15 is 0 Å². The lowest BCUT2D eigenvalue weighted by molar-refractivity contribution is -0.232. The molecule has 3 nitrogen and oxygen atoms in total. The summed E-state index contributed by atoms with van der Waals surface area (Å²) in [5.41, 5.74) is 11.5. The fourth-order valence-corrected chi connectivity index (χ4v) is 11.8. The van der Waals surface area contributed by atoms with Crippen LogP contribution in [0.1, 0.15) is 126 Å². The molecule has 5 aliphatic rings. The highest BCUT2D eigenvalue weighted by Gasteiger charge is 2.69. The van der Waals surface area contributed by atoms with Crippen LogP contribution in [0.15, 0.2) is 11.1 Å². The molecular weight excluding hydrogens is 442 g/mol. The van der Waals surface area contributed by atoms with Crippen LogP contribution in [0.2, 0.25) is 0 Å². The number of allylic oxidation sites excluding steroid dienone is 2. The number of rotatable bonds is 4. The quantitative estimate of drug-likeness (QED) is 0.315. The summed E-state index contributed by atoms with van der Waals surface area (Å²) < 4.78 is 5.93. The third-order valence-corrected chi connectivity index (χ3v) is 13.7. The minimum atomic E-state index is -0.112. The van der Waals surface area contributed by atoms with Gasteiger partial charge >= 0.3 is 5.97 Å². The molecule has 0 aromatic rings. The van der Waals surface area contributed by atoms with E-state index in [9.17, 15) is 4.79 Å². The highest BCUT2D eigenvalue weighted by molar-refractivity contribution is 5.66. The van der Waals surface area contributed by atoms with Crippen LogP contribution < -0.4 is 5.73 Å². The maximum absolute atomic E-state index is 11.9. The highest BCUT2D eigenvalue weighted by Crippen LogP contribution is 2.77. The molecule has 0 aromatic heterocycles. The Morgan fingerprint density at radius 1 is 0.917 bits per heavy atom. The zero-order valence-corrected chi connectivity index (χ0v) is 24.8. The zero-order valence-electron chi connectivity index (χ0n) is 24.8. The van der Waals surface area contributed by atoms with Gasteiger partial charge in [-0.25, -0.2) is 0 Å². The van der Waals surface area contributed by atoms with Gasteiger partial charge in [0.05, 0.1) is 0 Å². The summed E-state index contributed by atoms with van der Waals surface area (Å²) in [4.78, 5) is 11.9. The van der Waals surface area contributed by atoms with Gasteiger partial charge in [0, 0.05) is 12.3 Å². The highest BCUT2D eigenvalue weighted by atomic mass is 16.5. The zero-order chi connectivity index (χ0) is 26.3. The molecule has 0 aliphatic heterocycles. The fourth-order valence-electron chi connectivity index (χ4n) is 11.8. The van der Waals surface area contributed by atoms with Crippen LogP contribution in [0.5, 0.6) is 0 Å². The third-order valence-electron chi connectivity index (χ3n) is 13.7. The Balaban J connectivity index is 1.53. The van der Waals surface area contributed by atoms with Gasteiger partial charge < -0.3 is 10.5 Å². The maximum atomic E-state index is 11.9. The predicted molar refractivity (Wildman–Crippen MR) is 148 cm³/mol. The van der Waals surface area contributed by atoms with Crippen LogP contribution in [0.3, 0.4) is 0 Å². The van der Waals surface area contributed by atoms with Crippen molar-refractivity contribution in [2.45, 2.75) is 132 Å². The van der Waals surface area contributed by atoms with E-state index in [2.05, 4.69) is 48.5 Å². The first-order chi connectivity index (χ1) is 16.8. The average Bonchev–Trinajstić information content (AvgIpc) is 3.16. The van der Waals surface area contributed by atoms with Gasteiger partial charge in [-0.15, -0.1) is 0 Å². The second-order valence-electron chi connectivity index (χ2n) is 15.5. The lowest BCUT2D eigenvalue weighted by atomic mass is 9.33. The SMILES string of the molecule is CC(=O)O[C@H]1CC[C@@]2(C)[C@H](CC[C@]3(C)[C@@H]2CC[C@@H]2C4=C(C(C)C)CC[C@]4(CCN)CC[C@]23C)C1(C)C. The molecule has 0 unspecified atom stereocenters. The molecule has 204 valence electrons. The van der Waals surface area contributed by atoms with Crippen molar-refractivity contribution in [2.75, 3.05) is 6.54 Å². The van der Waals surface area contributed by atoms with Crippen molar-refractivity contribution in [3.63, 3.8) is 0 Å². The van der Waals surface area contributed by atoms with Gasteiger partial charge in [0.1, 0.15) is 6.10 Å².